The maximum absolute atomic E-state index is 13.8. The molecule has 2 atom stereocenters. The minimum absolute atomic E-state index is 0.000742. The minimum Gasteiger partial charge on any atom is -0.393 e. The summed E-state index contributed by atoms with van der Waals surface area (Å²) in [6.45, 7) is 2.50. The van der Waals surface area contributed by atoms with E-state index in [1.54, 1.807) is 23.1 Å². The van der Waals surface area contributed by atoms with Gasteiger partial charge in [-0.1, -0.05) is 53.5 Å². The molecule has 4 aliphatic rings. The Morgan fingerprint density at radius 1 is 0.842 bits per heavy atom. The number of carbonyl (C=O) groups excluding carboxylic acids is 2. The van der Waals surface area contributed by atoms with Crippen LogP contribution in [0.2, 0.25) is 10.0 Å². The third-order valence-electron chi connectivity index (χ3n) is 12.1. The van der Waals surface area contributed by atoms with E-state index in [2.05, 4.69) is 17.0 Å². The molecule has 308 valence electrons. The van der Waals surface area contributed by atoms with E-state index in [0.29, 0.717) is 76.1 Å². The molecule has 3 aliphatic heterocycles. The molecule has 3 saturated heterocycles. The van der Waals surface area contributed by atoms with Crippen molar-refractivity contribution in [3.63, 3.8) is 0 Å². The first-order valence-corrected chi connectivity index (χ1v) is 19.8. The number of fused-ring (bicyclic) bond motifs is 2. The smallest absolute Gasteiger partial charge is 0.393 e. The summed E-state index contributed by atoms with van der Waals surface area (Å²) in [5, 5.41) is 10.4. The van der Waals surface area contributed by atoms with Gasteiger partial charge in [0.05, 0.1) is 46.5 Å². The molecule has 0 saturated carbocycles. The van der Waals surface area contributed by atoms with Crippen LogP contribution in [0.4, 0.5) is 26.3 Å². The van der Waals surface area contributed by atoms with Crippen LogP contribution in [-0.2, 0) is 44.1 Å². The van der Waals surface area contributed by atoms with Crippen LogP contribution in [0.5, 0.6) is 0 Å². The van der Waals surface area contributed by atoms with Crippen LogP contribution in [0.1, 0.15) is 70.3 Å². The largest absolute Gasteiger partial charge is 0.416 e. The van der Waals surface area contributed by atoms with Crippen LogP contribution in [-0.4, -0.2) is 103 Å². The monoisotopic (exact) mass is 841 g/mol. The van der Waals surface area contributed by atoms with Gasteiger partial charge in [-0.25, -0.2) is 0 Å². The Bertz CT molecular complexity index is 1930. The summed E-state index contributed by atoms with van der Waals surface area (Å²) in [6.07, 6.45) is -7.27. The molecule has 1 spiro atoms. The number of hydrogen-bond acceptors (Lipinski definition) is 6. The Hall–Kier alpha value is -3.40. The van der Waals surface area contributed by atoms with Crippen LogP contribution in [0, 0.1) is 0 Å². The molecule has 7 rings (SSSR count). The Kier molecular flexibility index (Phi) is 12.0. The van der Waals surface area contributed by atoms with E-state index in [0.717, 1.165) is 12.8 Å². The first-order chi connectivity index (χ1) is 27.0. The lowest BCUT2D eigenvalue weighted by molar-refractivity contribution is -0.144. The van der Waals surface area contributed by atoms with Crippen LogP contribution >= 0.6 is 23.2 Å². The first-order valence-electron chi connectivity index (χ1n) is 19.0. The number of alkyl halides is 6. The lowest BCUT2D eigenvalue weighted by atomic mass is 9.72. The Labute approximate surface area is 336 Å². The molecule has 57 heavy (non-hydrogen) atoms. The molecule has 3 fully saturated rings. The maximum atomic E-state index is 13.8. The van der Waals surface area contributed by atoms with Gasteiger partial charge in [0.1, 0.15) is 12.2 Å². The predicted octanol–water partition coefficient (Wildman–Crippen LogP) is 7.75. The highest BCUT2D eigenvalue weighted by molar-refractivity contribution is 6.42. The van der Waals surface area contributed by atoms with Gasteiger partial charge in [0.15, 0.2) is 0 Å². The van der Waals surface area contributed by atoms with E-state index >= 15 is 0 Å². The van der Waals surface area contributed by atoms with Crippen molar-refractivity contribution in [3.05, 3.63) is 104 Å². The molecular formula is C41H43Cl2F6N3O5. The summed E-state index contributed by atoms with van der Waals surface area (Å²) in [5.74, 6) is -1.08. The van der Waals surface area contributed by atoms with Gasteiger partial charge in [0.2, 0.25) is 5.91 Å². The quantitative estimate of drug-likeness (QED) is 0.234. The lowest BCUT2D eigenvalue weighted by Crippen LogP contribution is -2.54. The second-order valence-corrected chi connectivity index (χ2v) is 16.3. The average molecular weight is 843 g/mol. The van der Waals surface area contributed by atoms with Crippen molar-refractivity contribution in [1.29, 1.82) is 0 Å². The molecule has 0 aromatic heterocycles. The number of amides is 2. The van der Waals surface area contributed by atoms with Crippen LogP contribution in [0.3, 0.4) is 0 Å². The van der Waals surface area contributed by atoms with Gasteiger partial charge in [-0.15, -0.1) is 0 Å². The number of rotatable bonds is 8. The number of halogens is 8. The number of ether oxygens (including phenoxy) is 2. The zero-order chi connectivity index (χ0) is 40.8. The van der Waals surface area contributed by atoms with E-state index < -0.39 is 46.7 Å². The molecule has 16 heteroatoms. The van der Waals surface area contributed by atoms with Crippen molar-refractivity contribution in [1.82, 2.24) is 14.7 Å². The second-order valence-electron chi connectivity index (χ2n) is 15.5. The fourth-order valence-corrected chi connectivity index (χ4v) is 9.22. The molecule has 0 unspecified atom stereocenters. The normalized spacial score (nSPS) is 23.2. The number of aliphatic hydroxyl groups excluding tert-OH is 1. The van der Waals surface area contributed by atoms with Gasteiger partial charge in [0.25, 0.3) is 5.91 Å². The summed E-state index contributed by atoms with van der Waals surface area (Å²) in [6, 6.07) is 14.0. The van der Waals surface area contributed by atoms with Crippen molar-refractivity contribution in [2.45, 2.75) is 74.1 Å². The van der Waals surface area contributed by atoms with Crippen LogP contribution in [0.25, 0.3) is 0 Å². The highest BCUT2D eigenvalue weighted by Gasteiger charge is 2.50. The summed E-state index contributed by atoms with van der Waals surface area (Å²) >= 11 is 12.7. The lowest BCUT2D eigenvalue weighted by Gasteiger charge is -2.46. The third kappa shape index (κ3) is 8.82. The molecule has 1 aliphatic carbocycles. The Morgan fingerprint density at radius 3 is 2.16 bits per heavy atom. The van der Waals surface area contributed by atoms with Crippen molar-refractivity contribution < 1.29 is 50.5 Å². The number of hydrogen-bond donors (Lipinski definition) is 1. The number of piperidine rings is 2. The average Bonchev–Trinajstić information content (AvgIpc) is 3.49. The predicted molar refractivity (Wildman–Crippen MR) is 200 cm³/mol. The molecular weight excluding hydrogens is 799 g/mol. The van der Waals surface area contributed by atoms with Crippen molar-refractivity contribution in [2.24, 2.45) is 0 Å². The number of likely N-dealkylation sites (tertiary alicyclic amines) is 2. The topological polar surface area (TPSA) is 82.5 Å². The number of carbonyl (C=O) groups is 2. The van der Waals surface area contributed by atoms with Gasteiger partial charge < -0.3 is 29.3 Å². The highest BCUT2D eigenvalue weighted by atomic mass is 35.5. The van der Waals surface area contributed by atoms with E-state index in [9.17, 15) is 41.0 Å². The summed E-state index contributed by atoms with van der Waals surface area (Å²) in [5.41, 5.74) is -2.45. The second kappa shape index (κ2) is 16.3. The van der Waals surface area contributed by atoms with Gasteiger partial charge in [-0.2, -0.15) is 26.3 Å². The zero-order valence-corrected chi connectivity index (χ0v) is 32.5. The molecule has 3 aromatic carbocycles. The SMILES string of the molecule is O=C(CO[C@H]1Cc2ccccc2C12CCN(CC[C@]1(c3ccc(Cl)c(Cl)c3)CN(C(=O)c3cc(C(F)(F)F)cc(C(F)(F)F)c3)CCO1)CC2)N1CCC(O)CC1. The Balaban J connectivity index is 1.08. The van der Waals surface area contributed by atoms with Crippen LogP contribution < -0.4 is 0 Å². The van der Waals surface area contributed by atoms with E-state index in [1.807, 2.05) is 12.1 Å². The van der Waals surface area contributed by atoms with Gasteiger partial charge in [-0.05, 0) is 98.6 Å². The zero-order valence-electron chi connectivity index (χ0n) is 31.0. The van der Waals surface area contributed by atoms with Gasteiger partial charge in [0, 0.05) is 37.2 Å². The minimum atomic E-state index is -5.11. The summed E-state index contributed by atoms with van der Waals surface area (Å²) < 4.78 is 95.1. The van der Waals surface area contributed by atoms with Gasteiger partial charge >= 0.3 is 12.4 Å². The summed E-state index contributed by atoms with van der Waals surface area (Å²) in [4.78, 5) is 32.2. The van der Waals surface area contributed by atoms with Crippen LogP contribution in [0.15, 0.2) is 60.7 Å². The maximum Gasteiger partial charge on any atom is 0.416 e. The number of nitrogens with zero attached hydrogens (tertiary/aromatic N) is 3. The molecule has 3 aromatic rings. The number of morpholine rings is 1. The summed E-state index contributed by atoms with van der Waals surface area (Å²) in [7, 11) is 0. The van der Waals surface area contributed by atoms with Crippen molar-refractivity contribution in [3.8, 4) is 0 Å². The third-order valence-corrected chi connectivity index (χ3v) is 12.9. The Morgan fingerprint density at radius 2 is 1.51 bits per heavy atom. The highest BCUT2D eigenvalue weighted by Crippen LogP contribution is 2.48. The van der Waals surface area contributed by atoms with E-state index in [4.69, 9.17) is 32.7 Å². The molecule has 8 nitrogen and oxygen atoms in total. The van der Waals surface area contributed by atoms with Crippen molar-refractivity contribution >= 4 is 35.0 Å². The number of aliphatic hydroxyl groups is 1. The van der Waals surface area contributed by atoms with Crippen molar-refractivity contribution in [2.75, 3.05) is 59.0 Å². The molecule has 1 N–H and O–H groups in total. The molecule has 3 heterocycles. The molecule has 2 amide bonds. The molecule has 0 bridgehead atoms. The van der Waals surface area contributed by atoms with E-state index in [-0.39, 0.29) is 59.8 Å². The van der Waals surface area contributed by atoms with E-state index in [1.165, 1.54) is 16.0 Å². The molecule has 0 radical (unpaired) electrons. The standard InChI is InChI=1S/C41H43Cl2F6N3O5/c42-33-6-5-28(23-34(33)43)39(25-52(17-18-57-39)37(55)27-19-29(40(44,45)46)22-30(20-27)41(47,48)49)11-16-50-14-9-38(10-15-50)32-4-2-1-3-26(32)21-35(38)56-24-36(54)51-12-7-31(53)8-13-51/h1-6,19-20,22-23,31,35,53H,7-18,21,24-25H2/t35-,39+/m0/s1. The first kappa shape index (κ1) is 41.7. The fourth-order valence-electron chi connectivity index (χ4n) is 8.92. The fraction of sp³-hybridized carbons (Fsp3) is 0.512. The number of benzene rings is 3. The van der Waals surface area contributed by atoms with Gasteiger partial charge in [-0.3, -0.25) is 9.59 Å².